The summed E-state index contributed by atoms with van der Waals surface area (Å²) in [7, 11) is 0. The Kier molecular flexibility index (Phi) is 4.16. The average Bonchev–Trinajstić information content (AvgIpc) is 2.94. The molecule has 0 aliphatic carbocycles. The van der Waals surface area contributed by atoms with Gasteiger partial charge < -0.3 is 5.32 Å². The lowest BCUT2D eigenvalue weighted by molar-refractivity contribution is 0.532. The minimum Gasteiger partial charge on any atom is -0.376 e. The fourth-order valence-corrected chi connectivity index (χ4v) is 2.66. The zero-order chi connectivity index (χ0) is 14.9. The third-order valence-corrected chi connectivity index (χ3v) is 3.68. The van der Waals surface area contributed by atoms with Gasteiger partial charge in [0, 0.05) is 30.0 Å². The molecule has 0 aliphatic heterocycles. The maximum absolute atomic E-state index is 4.58. The third kappa shape index (κ3) is 2.71. The maximum Gasteiger partial charge on any atom is 0.0731 e. The topological polar surface area (TPSA) is 47.7 Å². The van der Waals surface area contributed by atoms with Crippen LogP contribution in [0.4, 0.5) is 5.69 Å². The van der Waals surface area contributed by atoms with E-state index in [1.54, 1.807) is 0 Å². The van der Waals surface area contributed by atoms with Crippen molar-refractivity contribution >= 4 is 5.69 Å². The van der Waals surface area contributed by atoms with E-state index in [2.05, 4.69) is 67.9 Å². The van der Waals surface area contributed by atoms with Crippen molar-refractivity contribution in [3.8, 4) is 0 Å². The van der Waals surface area contributed by atoms with Gasteiger partial charge >= 0.3 is 0 Å². The van der Waals surface area contributed by atoms with Gasteiger partial charge in [0.05, 0.1) is 23.6 Å². The number of hydrogen-bond donors (Lipinski definition) is 1. The van der Waals surface area contributed by atoms with Crippen molar-refractivity contribution in [3.05, 3.63) is 29.3 Å². The normalized spacial score (nSPS) is 12.9. The van der Waals surface area contributed by atoms with E-state index in [4.69, 9.17) is 0 Å². The summed E-state index contributed by atoms with van der Waals surface area (Å²) in [5.41, 5.74) is 4.67. The number of aromatic nitrogens is 4. The second-order valence-corrected chi connectivity index (χ2v) is 5.57. The zero-order valence-corrected chi connectivity index (χ0v) is 13.3. The minimum atomic E-state index is 0.222. The highest BCUT2D eigenvalue weighted by atomic mass is 15.3. The van der Waals surface area contributed by atoms with Crippen LogP contribution in [0.1, 0.15) is 56.7 Å². The Labute approximate surface area is 121 Å². The standard InChI is InChI=1S/C15H25N5/c1-7-19-13(6)15(12(5)18-19)11(4)17-14-8-16-20(9-14)10(2)3/h8-11,17H,7H2,1-6H3. The summed E-state index contributed by atoms with van der Waals surface area (Å²) < 4.78 is 4.02. The Morgan fingerprint density at radius 1 is 1.25 bits per heavy atom. The number of nitrogens with one attached hydrogen (secondary N) is 1. The fraction of sp³-hybridized carbons (Fsp3) is 0.600. The molecule has 5 nitrogen and oxygen atoms in total. The first-order chi connectivity index (χ1) is 9.43. The molecule has 0 aliphatic rings. The van der Waals surface area contributed by atoms with Gasteiger partial charge in [0.2, 0.25) is 0 Å². The van der Waals surface area contributed by atoms with E-state index in [9.17, 15) is 0 Å². The Morgan fingerprint density at radius 2 is 1.95 bits per heavy atom. The largest absolute Gasteiger partial charge is 0.376 e. The molecule has 1 atom stereocenters. The second kappa shape index (κ2) is 5.69. The lowest BCUT2D eigenvalue weighted by Crippen LogP contribution is -2.09. The van der Waals surface area contributed by atoms with Crippen LogP contribution in [0.3, 0.4) is 0 Å². The molecular formula is C15H25N5. The first kappa shape index (κ1) is 14.6. The summed E-state index contributed by atoms with van der Waals surface area (Å²) in [5, 5.41) is 12.5. The molecule has 2 aromatic heterocycles. The van der Waals surface area contributed by atoms with Crippen molar-refractivity contribution in [2.75, 3.05) is 5.32 Å². The van der Waals surface area contributed by atoms with Crippen LogP contribution in [0.25, 0.3) is 0 Å². The van der Waals surface area contributed by atoms with Crippen molar-refractivity contribution in [2.24, 2.45) is 0 Å². The Morgan fingerprint density at radius 3 is 2.45 bits per heavy atom. The van der Waals surface area contributed by atoms with Crippen LogP contribution in [0.15, 0.2) is 12.4 Å². The van der Waals surface area contributed by atoms with Crippen LogP contribution in [0.2, 0.25) is 0 Å². The quantitative estimate of drug-likeness (QED) is 0.909. The van der Waals surface area contributed by atoms with E-state index in [1.807, 2.05) is 10.9 Å². The van der Waals surface area contributed by atoms with E-state index in [0.29, 0.717) is 6.04 Å². The van der Waals surface area contributed by atoms with Gasteiger partial charge in [-0.15, -0.1) is 0 Å². The lowest BCUT2D eigenvalue weighted by atomic mass is 10.1. The summed E-state index contributed by atoms with van der Waals surface area (Å²) in [6, 6.07) is 0.604. The molecule has 0 spiro atoms. The zero-order valence-electron chi connectivity index (χ0n) is 13.3. The fourth-order valence-electron chi connectivity index (χ4n) is 2.66. The molecule has 0 saturated carbocycles. The number of nitrogens with zero attached hydrogens (tertiary/aromatic N) is 4. The first-order valence-electron chi connectivity index (χ1n) is 7.28. The van der Waals surface area contributed by atoms with Crippen LogP contribution in [0.5, 0.6) is 0 Å². The molecule has 0 saturated heterocycles. The number of hydrogen-bond acceptors (Lipinski definition) is 3. The molecule has 2 heterocycles. The molecule has 0 amide bonds. The highest BCUT2D eigenvalue weighted by Crippen LogP contribution is 2.25. The van der Waals surface area contributed by atoms with Gasteiger partial charge in [0.15, 0.2) is 0 Å². The predicted octanol–water partition coefficient (Wildman–Crippen LogP) is 3.47. The van der Waals surface area contributed by atoms with Crippen molar-refractivity contribution in [2.45, 2.75) is 60.2 Å². The SMILES string of the molecule is CCn1nc(C)c(C(C)Nc2cnn(C(C)C)c2)c1C. The Balaban J connectivity index is 2.19. The lowest BCUT2D eigenvalue weighted by Gasteiger charge is -2.15. The molecule has 1 N–H and O–H groups in total. The Hall–Kier alpha value is -1.78. The number of anilines is 1. The maximum atomic E-state index is 4.58. The van der Waals surface area contributed by atoms with Gasteiger partial charge in [0.25, 0.3) is 0 Å². The molecule has 5 heteroatoms. The average molecular weight is 275 g/mol. The first-order valence-corrected chi connectivity index (χ1v) is 7.28. The summed E-state index contributed by atoms with van der Waals surface area (Å²) in [6.45, 7) is 13.7. The smallest absolute Gasteiger partial charge is 0.0731 e. The van der Waals surface area contributed by atoms with Crippen LogP contribution < -0.4 is 5.32 Å². The van der Waals surface area contributed by atoms with Gasteiger partial charge in [-0.05, 0) is 41.5 Å². The van der Waals surface area contributed by atoms with Gasteiger partial charge in [-0.1, -0.05) is 0 Å². The monoisotopic (exact) mass is 275 g/mol. The molecular weight excluding hydrogens is 250 g/mol. The van der Waals surface area contributed by atoms with E-state index in [-0.39, 0.29) is 6.04 Å². The second-order valence-electron chi connectivity index (χ2n) is 5.57. The van der Waals surface area contributed by atoms with Gasteiger partial charge in [-0.25, -0.2) is 0 Å². The highest BCUT2D eigenvalue weighted by molar-refractivity contribution is 5.43. The predicted molar refractivity (Wildman–Crippen MR) is 82.0 cm³/mol. The summed E-state index contributed by atoms with van der Waals surface area (Å²) >= 11 is 0. The van der Waals surface area contributed by atoms with E-state index in [0.717, 1.165) is 17.9 Å². The number of rotatable bonds is 5. The summed E-state index contributed by atoms with van der Waals surface area (Å²) in [4.78, 5) is 0. The van der Waals surface area contributed by atoms with Crippen LogP contribution in [-0.4, -0.2) is 19.6 Å². The third-order valence-electron chi connectivity index (χ3n) is 3.68. The van der Waals surface area contributed by atoms with Crippen molar-refractivity contribution in [1.82, 2.24) is 19.6 Å². The van der Waals surface area contributed by atoms with E-state index >= 15 is 0 Å². The van der Waals surface area contributed by atoms with Crippen LogP contribution in [0, 0.1) is 13.8 Å². The molecule has 20 heavy (non-hydrogen) atoms. The summed E-state index contributed by atoms with van der Waals surface area (Å²) in [6.07, 6.45) is 3.93. The van der Waals surface area contributed by atoms with E-state index < -0.39 is 0 Å². The molecule has 0 radical (unpaired) electrons. The van der Waals surface area contributed by atoms with Crippen LogP contribution >= 0.6 is 0 Å². The number of aryl methyl sites for hydroxylation is 2. The molecule has 0 fully saturated rings. The van der Waals surface area contributed by atoms with Gasteiger partial charge in [-0.3, -0.25) is 9.36 Å². The van der Waals surface area contributed by atoms with Crippen molar-refractivity contribution in [3.63, 3.8) is 0 Å². The molecule has 1 unspecified atom stereocenters. The van der Waals surface area contributed by atoms with Gasteiger partial charge in [0.1, 0.15) is 0 Å². The molecule has 2 rings (SSSR count). The van der Waals surface area contributed by atoms with Crippen molar-refractivity contribution in [1.29, 1.82) is 0 Å². The highest BCUT2D eigenvalue weighted by Gasteiger charge is 2.17. The van der Waals surface area contributed by atoms with Crippen molar-refractivity contribution < 1.29 is 0 Å². The molecule has 0 aromatic carbocycles. The molecule has 110 valence electrons. The van der Waals surface area contributed by atoms with Gasteiger partial charge in [-0.2, -0.15) is 10.2 Å². The minimum absolute atomic E-state index is 0.222. The Bertz CT molecular complexity index is 579. The van der Waals surface area contributed by atoms with Crippen LogP contribution in [-0.2, 0) is 6.54 Å². The van der Waals surface area contributed by atoms with E-state index in [1.165, 1.54) is 11.3 Å². The molecule has 0 bridgehead atoms. The summed E-state index contributed by atoms with van der Waals surface area (Å²) in [5.74, 6) is 0. The molecule has 2 aromatic rings.